The van der Waals surface area contributed by atoms with Crippen molar-refractivity contribution in [3.63, 3.8) is 0 Å². The van der Waals surface area contributed by atoms with Crippen LogP contribution in [-0.4, -0.2) is 153 Å². The quantitative estimate of drug-likeness (QED) is 0.111. The van der Waals surface area contributed by atoms with Crippen LogP contribution in [0.2, 0.25) is 0 Å². The number of piperidine rings is 1. The second kappa shape index (κ2) is 29.4. The molecule has 1 saturated carbocycles. The largest absolute Gasteiger partial charge is 0.478 e. The van der Waals surface area contributed by atoms with E-state index in [1.807, 2.05) is 58.1 Å². The third-order valence-corrected chi connectivity index (χ3v) is 16.8. The summed E-state index contributed by atoms with van der Waals surface area (Å²) in [5.74, 6) is -9.33. The van der Waals surface area contributed by atoms with Crippen LogP contribution in [0.5, 0.6) is 0 Å². The molecule has 1 aromatic heterocycles. The van der Waals surface area contributed by atoms with Crippen molar-refractivity contribution in [2.75, 3.05) is 27.9 Å². The monoisotopic (exact) mass is 1110 g/mol. The minimum atomic E-state index is -2.46. The number of rotatable bonds is 11. The summed E-state index contributed by atoms with van der Waals surface area (Å²) in [5, 5.41) is 41.4. The number of carboxylic acids is 1. The van der Waals surface area contributed by atoms with Gasteiger partial charge in [0.1, 0.15) is 35.8 Å². The average Bonchev–Trinajstić information content (AvgIpc) is 3.96. The molecule has 3 N–H and O–H groups in total. The average molecular weight is 1120 g/mol. The number of carbonyl (C=O) groups is 6. The lowest BCUT2D eigenvalue weighted by Crippen LogP contribution is -2.61. The Hall–Kier alpha value is -5.54. The van der Waals surface area contributed by atoms with Gasteiger partial charge in [-0.1, -0.05) is 76.3 Å². The smallest absolute Gasteiger partial charge is 0.335 e. The Morgan fingerprint density at radius 3 is 2.29 bits per heavy atom. The summed E-state index contributed by atoms with van der Waals surface area (Å²) in [6.45, 7) is 12.9. The summed E-state index contributed by atoms with van der Waals surface area (Å²) in [4.78, 5) is 84.2. The first-order valence-corrected chi connectivity index (χ1v) is 28.4. The van der Waals surface area contributed by atoms with Crippen LogP contribution in [0.4, 0.5) is 0 Å². The molecule has 15 atom stereocenters. The highest BCUT2D eigenvalue weighted by molar-refractivity contribution is 6.39. The SMILES string of the molecule is CO[C@H]1C[C@@H]2CC[C@@H](C)[C@@](O)(O2)C(=O)C(=O)N2CCCC[C@H]2C(=O)O[C@H]([C@H](C)C[C@@H]2CC[C@@H](OCc3cn(-c4ccc(C(=O)O)cc4)nn3)[C@H](OC)C2)CC(=O)[C@H](C)/C=C(\C)[C@@H](O)[C@@H](OC)C(=O)[C@H](C)C[C@H](C)/C=C/C=CC=C1C. The number of carboxylic acid groups (broad SMARTS) is 1. The molecule has 1 aromatic carbocycles. The van der Waals surface area contributed by atoms with E-state index < -0.39 is 89.6 Å². The first-order chi connectivity index (χ1) is 38.1. The number of aromatic nitrogens is 3. The van der Waals surface area contributed by atoms with Gasteiger partial charge in [0.15, 0.2) is 5.78 Å². The molecule has 80 heavy (non-hydrogen) atoms. The lowest BCUT2D eigenvalue weighted by Gasteiger charge is -2.42. The number of Topliss-reactive ketones (excluding diaryl/α,β-unsaturated/α-hetero) is 3. The number of cyclic esters (lactones) is 1. The Labute approximate surface area is 471 Å². The number of esters is 1. The van der Waals surface area contributed by atoms with E-state index in [0.29, 0.717) is 74.7 Å². The van der Waals surface area contributed by atoms with Gasteiger partial charge in [0, 0.05) is 58.5 Å². The Morgan fingerprint density at radius 1 is 0.863 bits per heavy atom. The van der Waals surface area contributed by atoms with Crippen LogP contribution in [-0.2, 0) is 59.0 Å². The van der Waals surface area contributed by atoms with Gasteiger partial charge in [-0.3, -0.25) is 19.2 Å². The number of ketones is 3. The molecule has 1 aliphatic carbocycles. The van der Waals surface area contributed by atoms with Gasteiger partial charge in [0.05, 0.1) is 48.5 Å². The predicted octanol–water partition coefficient (Wildman–Crippen LogP) is 7.68. The number of fused-ring (bicyclic) bond motifs is 3. The maximum Gasteiger partial charge on any atom is 0.335 e. The van der Waals surface area contributed by atoms with Gasteiger partial charge >= 0.3 is 11.9 Å². The number of aliphatic hydroxyl groups is 2. The maximum absolute atomic E-state index is 14.7. The zero-order valence-corrected chi connectivity index (χ0v) is 48.4. The molecule has 19 heteroatoms. The molecule has 440 valence electrons. The van der Waals surface area contributed by atoms with E-state index in [2.05, 4.69) is 10.3 Å². The molecule has 3 fully saturated rings. The molecule has 2 saturated heterocycles. The van der Waals surface area contributed by atoms with Crippen LogP contribution in [0.1, 0.15) is 142 Å². The van der Waals surface area contributed by atoms with Gasteiger partial charge in [-0.15, -0.1) is 5.10 Å². The number of hydrogen-bond donors (Lipinski definition) is 3. The lowest BCUT2D eigenvalue weighted by atomic mass is 9.78. The van der Waals surface area contributed by atoms with E-state index in [4.69, 9.17) is 28.4 Å². The molecular weight excluding hydrogens is 1030 g/mol. The van der Waals surface area contributed by atoms with Gasteiger partial charge in [-0.2, -0.15) is 0 Å². The van der Waals surface area contributed by atoms with Gasteiger partial charge in [0.25, 0.3) is 11.7 Å². The van der Waals surface area contributed by atoms with Crippen molar-refractivity contribution in [3.05, 3.63) is 89.3 Å². The third kappa shape index (κ3) is 16.3. The minimum Gasteiger partial charge on any atom is -0.478 e. The highest BCUT2D eigenvalue weighted by Crippen LogP contribution is 2.38. The number of amides is 1. The number of ether oxygens (including phenoxy) is 6. The summed E-state index contributed by atoms with van der Waals surface area (Å²) in [6.07, 6.45) is 12.9. The van der Waals surface area contributed by atoms with E-state index in [0.717, 1.165) is 12.0 Å². The first kappa shape index (κ1) is 63.6. The van der Waals surface area contributed by atoms with Crippen molar-refractivity contribution in [2.45, 2.75) is 187 Å². The number of aromatic carboxylic acids is 1. The van der Waals surface area contributed by atoms with E-state index in [1.54, 1.807) is 64.1 Å². The first-order valence-electron chi connectivity index (χ1n) is 28.4. The topological polar surface area (TPSA) is 252 Å². The molecule has 6 rings (SSSR count). The second-order valence-electron chi connectivity index (χ2n) is 22.9. The molecule has 0 unspecified atom stereocenters. The second-order valence-corrected chi connectivity index (χ2v) is 22.9. The van der Waals surface area contributed by atoms with E-state index >= 15 is 0 Å². The molecule has 2 aromatic rings. The molecule has 4 aliphatic rings. The molecule has 19 nitrogen and oxygen atoms in total. The molecule has 0 spiro atoms. The van der Waals surface area contributed by atoms with Crippen LogP contribution < -0.4 is 0 Å². The van der Waals surface area contributed by atoms with Crippen molar-refractivity contribution in [1.29, 1.82) is 0 Å². The Morgan fingerprint density at radius 2 is 1.60 bits per heavy atom. The van der Waals surface area contributed by atoms with Gasteiger partial charge in [-0.05, 0) is 131 Å². The fraction of sp³-hybridized carbons (Fsp3) is 0.639. The van der Waals surface area contributed by atoms with Crippen LogP contribution >= 0.6 is 0 Å². The number of allylic oxidation sites excluding steroid dienone is 6. The van der Waals surface area contributed by atoms with E-state index in [9.17, 15) is 44.1 Å². The summed E-state index contributed by atoms with van der Waals surface area (Å²) in [7, 11) is 4.57. The van der Waals surface area contributed by atoms with Gasteiger partial charge in [-0.25, -0.2) is 14.3 Å². The Bertz CT molecular complexity index is 2570. The molecular formula is C61H86N4O15. The summed E-state index contributed by atoms with van der Waals surface area (Å²) >= 11 is 0. The fourth-order valence-corrected chi connectivity index (χ4v) is 11.7. The minimum absolute atomic E-state index is 0.00202. The Balaban J connectivity index is 1.23. The van der Waals surface area contributed by atoms with Crippen molar-refractivity contribution < 1.29 is 72.5 Å². The fourth-order valence-electron chi connectivity index (χ4n) is 11.7. The normalized spacial score (nSPS) is 33.9. The lowest BCUT2D eigenvalue weighted by molar-refractivity contribution is -0.265. The van der Waals surface area contributed by atoms with E-state index in [-0.39, 0.29) is 67.2 Å². The van der Waals surface area contributed by atoms with Crippen molar-refractivity contribution in [3.8, 4) is 5.69 Å². The number of hydrogen-bond acceptors (Lipinski definition) is 16. The molecule has 3 aliphatic heterocycles. The highest BCUT2D eigenvalue weighted by Gasteiger charge is 2.53. The summed E-state index contributed by atoms with van der Waals surface area (Å²) in [5.41, 5.74) is 2.61. The van der Waals surface area contributed by atoms with E-state index in [1.165, 1.54) is 24.1 Å². The number of methoxy groups -OCH3 is 3. The predicted molar refractivity (Wildman–Crippen MR) is 296 cm³/mol. The zero-order chi connectivity index (χ0) is 58.4. The van der Waals surface area contributed by atoms with Gasteiger partial charge < -0.3 is 48.6 Å². The number of aliphatic hydroxyl groups excluding tert-OH is 1. The van der Waals surface area contributed by atoms with Gasteiger partial charge in [0.2, 0.25) is 5.79 Å². The number of carbonyl (C=O) groups excluding carboxylic acids is 5. The molecule has 4 heterocycles. The van der Waals surface area contributed by atoms with Crippen LogP contribution in [0.25, 0.3) is 5.69 Å². The van der Waals surface area contributed by atoms with Crippen LogP contribution in [0.3, 0.4) is 0 Å². The standard InChI is InChI=1S/C61H86N4O15/c1-36-16-12-11-13-17-37(2)51(75-8)32-47-25-19-42(7)61(74,80-47)57(69)58(70)64-27-15-14-18-48(64)60(73)79-52(33-49(66)38(3)29-41(6)55(68)56(77-10)54(67)40(5)28-36)39(4)30-43-20-26-50(53(31-43)76-9)78-35-45-34-65(63-62-45)46-23-21-44(22-24-46)59(71)72/h11-13,16-17,21-24,29,34,36,38-40,42-43,47-48,50-53,55-56,68,74H,14-15,18-20,25-28,30-33,35H2,1-10H3,(H,71,72)/b13-11?,16-12+,37-17?,41-29+/t36-,38-,39-,40-,42-,43+,47+,48+,50-,51+,52+,53-,55-,56+,61-/m1/s1. The molecule has 2 bridgehead atoms. The zero-order valence-electron chi connectivity index (χ0n) is 48.4. The molecule has 0 radical (unpaired) electrons. The van der Waals surface area contributed by atoms with Crippen molar-refractivity contribution in [2.24, 2.45) is 35.5 Å². The van der Waals surface area contributed by atoms with Crippen molar-refractivity contribution in [1.82, 2.24) is 19.9 Å². The molecule has 1 amide bonds. The maximum atomic E-state index is 14.7. The number of nitrogens with zero attached hydrogens (tertiary/aromatic N) is 4. The van der Waals surface area contributed by atoms with Crippen LogP contribution in [0, 0.1) is 35.5 Å². The summed E-state index contributed by atoms with van der Waals surface area (Å²) < 4.78 is 37.9. The Kier molecular flexibility index (Phi) is 23.4. The third-order valence-electron chi connectivity index (χ3n) is 16.8. The highest BCUT2D eigenvalue weighted by atomic mass is 16.6. The summed E-state index contributed by atoms with van der Waals surface area (Å²) in [6, 6.07) is 5.09. The number of benzene rings is 1. The van der Waals surface area contributed by atoms with Crippen molar-refractivity contribution >= 4 is 35.2 Å². The van der Waals surface area contributed by atoms with Crippen LogP contribution in [0.15, 0.2) is 78.1 Å².